The molecule has 1 saturated heterocycles. The summed E-state index contributed by atoms with van der Waals surface area (Å²) >= 11 is 0. The molecule has 1 aliphatic heterocycles. The van der Waals surface area contributed by atoms with Crippen LogP contribution in [0.15, 0.2) is 66.5 Å². The minimum absolute atomic E-state index is 0.356. The molecule has 0 spiro atoms. The number of nitrogens with one attached hydrogen (secondary N) is 1. The van der Waals surface area contributed by atoms with Gasteiger partial charge in [0.25, 0.3) is 0 Å². The van der Waals surface area contributed by atoms with E-state index in [-0.39, 0.29) is 0 Å². The molecule has 2 aromatic carbocycles. The van der Waals surface area contributed by atoms with E-state index in [0.29, 0.717) is 11.7 Å². The maximum absolute atomic E-state index is 9.63. The van der Waals surface area contributed by atoms with Crippen molar-refractivity contribution in [3.63, 3.8) is 0 Å². The summed E-state index contributed by atoms with van der Waals surface area (Å²) < 4.78 is 0. The molecule has 0 amide bonds. The fraction of sp³-hybridized carbons (Fsp3) is 0.300. The zero-order valence-corrected chi connectivity index (χ0v) is 13.9. The Bertz CT molecular complexity index is 676. The van der Waals surface area contributed by atoms with Crippen LogP contribution in [0, 0.1) is 0 Å². The second kappa shape index (κ2) is 7.88. The van der Waals surface area contributed by atoms with Crippen molar-refractivity contribution >= 4 is 5.69 Å². The predicted molar refractivity (Wildman–Crippen MR) is 98.9 cm³/mol. The maximum Gasteiger partial charge on any atom is 0.115 e. The Labute approximate surface area is 143 Å². The number of hydrogen-bond acceptors (Lipinski definition) is 4. The smallest absolute Gasteiger partial charge is 0.115 e. The standard InChI is InChI=1S/C20H25N3O/c21-18(14-22-19-6-2-1-3-7-19)15-23-11-9-16(10-12-23)17-5-4-8-20(24)13-17/h1-8,13-14,16,22,24H,9-12,15,21H2/b18-14-. The second-order valence-corrected chi connectivity index (χ2v) is 6.38. The summed E-state index contributed by atoms with van der Waals surface area (Å²) in [6.07, 6.45) is 4.09. The third-order valence-corrected chi connectivity index (χ3v) is 4.53. The summed E-state index contributed by atoms with van der Waals surface area (Å²) in [7, 11) is 0. The van der Waals surface area contributed by atoms with Crippen LogP contribution in [0.4, 0.5) is 5.69 Å². The fourth-order valence-corrected chi connectivity index (χ4v) is 3.22. The Kier molecular flexibility index (Phi) is 5.39. The average Bonchev–Trinajstić information content (AvgIpc) is 2.61. The van der Waals surface area contributed by atoms with Crippen LogP contribution < -0.4 is 11.1 Å². The van der Waals surface area contributed by atoms with Crippen LogP contribution in [0.2, 0.25) is 0 Å². The molecular formula is C20H25N3O. The van der Waals surface area contributed by atoms with Gasteiger partial charge in [-0.2, -0.15) is 0 Å². The minimum atomic E-state index is 0.356. The van der Waals surface area contributed by atoms with Crippen LogP contribution in [-0.2, 0) is 0 Å². The van der Waals surface area contributed by atoms with Crippen LogP contribution in [0.5, 0.6) is 5.75 Å². The van der Waals surface area contributed by atoms with E-state index in [2.05, 4.69) is 16.3 Å². The molecule has 4 N–H and O–H groups in total. The summed E-state index contributed by atoms with van der Waals surface area (Å²) in [6.45, 7) is 2.84. The van der Waals surface area contributed by atoms with Crippen molar-refractivity contribution in [3.8, 4) is 5.75 Å². The van der Waals surface area contributed by atoms with E-state index in [0.717, 1.165) is 43.9 Å². The number of aromatic hydroxyl groups is 1. The predicted octanol–water partition coefficient (Wildman–Crippen LogP) is 3.48. The van der Waals surface area contributed by atoms with Crippen LogP contribution in [-0.4, -0.2) is 29.6 Å². The Morgan fingerprint density at radius 1 is 1.12 bits per heavy atom. The Morgan fingerprint density at radius 2 is 1.88 bits per heavy atom. The summed E-state index contributed by atoms with van der Waals surface area (Å²) in [6, 6.07) is 17.7. The Hall–Kier alpha value is -2.46. The third-order valence-electron chi connectivity index (χ3n) is 4.53. The highest BCUT2D eigenvalue weighted by Gasteiger charge is 2.20. The van der Waals surface area contributed by atoms with Crippen LogP contribution in [0.1, 0.15) is 24.3 Å². The number of piperidine rings is 1. The molecule has 2 aromatic rings. The van der Waals surface area contributed by atoms with Gasteiger partial charge in [-0.05, 0) is 61.7 Å². The van der Waals surface area contributed by atoms with Gasteiger partial charge in [-0.25, -0.2) is 0 Å². The first-order chi connectivity index (χ1) is 11.7. The van der Waals surface area contributed by atoms with Gasteiger partial charge in [0.05, 0.1) is 0 Å². The first-order valence-electron chi connectivity index (χ1n) is 8.48. The molecule has 126 valence electrons. The van der Waals surface area contributed by atoms with Gasteiger partial charge in [-0.1, -0.05) is 30.3 Å². The molecule has 0 atom stereocenters. The summed E-state index contributed by atoms with van der Waals surface area (Å²) in [5.74, 6) is 0.884. The number of benzene rings is 2. The summed E-state index contributed by atoms with van der Waals surface area (Å²) in [5.41, 5.74) is 9.27. The van der Waals surface area contributed by atoms with Crippen molar-refractivity contribution < 1.29 is 5.11 Å². The van der Waals surface area contributed by atoms with Gasteiger partial charge in [-0.3, -0.25) is 4.90 Å². The van der Waals surface area contributed by atoms with Crippen molar-refractivity contribution in [3.05, 3.63) is 72.1 Å². The van der Waals surface area contributed by atoms with Crippen LogP contribution >= 0.6 is 0 Å². The molecule has 1 fully saturated rings. The van der Waals surface area contributed by atoms with Gasteiger partial charge >= 0.3 is 0 Å². The Morgan fingerprint density at radius 3 is 2.58 bits per heavy atom. The normalized spacial score (nSPS) is 16.9. The molecule has 1 aliphatic rings. The van der Waals surface area contributed by atoms with Crippen LogP contribution in [0.3, 0.4) is 0 Å². The molecule has 0 radical (unpaired) electrons. The van der Waals surface area contributed by atoms with E-state index in [1.54, 1.807) is 6.07 Å². The zero-order valence-electron chi connectivity index (χ0n) is 13.9. The van der Waals surface area contributed by atoms with Gasteiger partial charge < -0.3 is 16.2 Å². The lowest BCUT2D eigenvalue weighted by Gasteiger charge is -2.32. The largest absolute Gasteiger partial charge is 0.508 e. The highest BCUT2D eigenvalue weighted by Crippen LogP contribution is 2.29. The number of para-hydroxylation sites is 1. The lowest BCUT2D eigenvalue weighted by atomic mass is 9.89. The molecule has 3 rings (SSSR count). The van der Waals surface area contributed by atoms with Gasteiger partial charge in [0, 0.05) is 24.1 Å². The molecule has 4 nitrogen and oxygen atoms in total. The number of hydrogen-bond donors (Lipinski definition) is 3. The van der Waals surface area contributed by atoms with Gasteiger partial charge in [0.1, 0.15) is 5.75 Å². The van der Waals surface area contributed by atoms with Crippen molar-refractivity contribution in [2.24, 2.45) is 5.73 Å². The van der Waals surface area contributed by atoms with E-state index in [1.807, 2.05) is 48.7 Å². The average molecular weight is 323 g/mol. The molecule has 0 bridgehead atoms. The summed E-state index contributed by atoms with van der Waals surface area (Å²) in [4.78, 5) is 2.39. The highest BCUT2D eigenvalue weighted by molar-refractivity contribution is 5.45. The number of likely N-dealkylation sites (tertiary alicyclic amines) is 1. The molecule has 0 saturated carbocycles. The van der Waals surface area contributed by atoms with E-state index >= 15 is 0 Å². The number of nitrogens with zero attached hydrogens (tertiary/aromatic N) is 1. The van der Waals surface area contributed by atoms with Crippen molar-refractivity contribution in [1.29, 1.82) is 0 Å². The number of rotatable bonds is 5. The van der Waals surface area contributed by atoms with Crippen molar-refractivity contribution in [2.75, 3.05) is 25.0 Å². The lowest BCUT2D eigenvalue weighted by molar-refractivity contribution is 0.227. The minimum Gasteiger partial charge on any atom is -0.508 e. The first kappa shape index (κ1) is 16.4. The number of phenols is 1. The topological polar surface area (TPSA) is 61.5 Å². The molecule has 1 heterocycles. The van der Waals surface area contributed by atoms with E-state index < -0.39 is 0 Å². The lowest BCUT2D eigenvalue weighted by Crippen LogP contribution is -2.35. The third kappa shape index (κ3) is 4.52. The van der Waals surface area contributed by atoms with E-state index in [9.17, 15) is 5.11 Å². The van der Waals surface area contributed by atoms with E-state index in [1.165, 1.54) is 5.56 Å². The van der Waals surface area contributed by atoms with E-state index in [4.69, 9.17) is 5.73 Å². The monoisotopic (exact) mass is 323 g/mol. The van der Waals surface area contributed by atoms with Gasteiger partial charge in [-0.15, -0.1) is 0 Å². The Balaban J connectivity index is 1.48. The number of anilines is 1. The molecule has 24 heavy (non-hydrogen) atoms. The van der Waals surface area contributed by atoms with Gasteiger partial charge in [0.2, 0.25) is 0 Å². The highest BCUT2D eigenvalue weighted by atomic mass is 16.3. The SMILES string of the molecule is N/C(=C\Nc1ccccc1)CN1CCC(c2cccc(O)c2)CC1. The van der Waals surface area contributed by atoms with Crippen LogP contribution in [0.25, 0.3) is 0 Å². The second-order valence-electron chi connectivity index (χ2n) is 6.38. The number of phenolic OH excluding ortho intramolecular Hbond substituents is 1. The summed E-state index contributed by atoms with van der Waals surface area (Å²) in [5, 5.41) is 12.9. The quantitative estimate of drug-likeness (QED) is 0.788. The molecule has 4 heteroatoms. The molecular weight excluding hydrogens is 298 g/mol. The fourth-order valence-electron chi connectivity index (χ4n) is 3.22. The zero-order chi connectivity index (χ0) is 16.8. The number of nitrogens with two attached hydrogens (primary N) is 1. The van der Waals surface area contributed by atoms with Gasteiger partial charge in [0.15, 0.2) is 0 Å². The maximum atomic E-state index is 9.63. The first-order valence-corrected chi connectivity index (χ1v) is 8.48. The molecule has 0 unspecified atom stereocenters. The molecule has 0 aliphatic carbocycles. The molecule has 0 aromatic heterocycles. The van der Waals surface area contributed by atoms with Crippen molar-refractivity contribution in [2.45, 2.75) is 18.8 Å². The van der Waals surface area contributed by atoms with Crippen molar-refractivity contribution in [1.82, 2.24) is 4.90 Å².